The van der Waals surface area contributed by atoms with Gasteiger partial charge in [0.2, 0.25) is 0 Å². The maximum Gasteiger partial charge on any atom is 0.303 e. The molecule has 0 unspecified atom stereocenters. The number of nitro benzene ring substituents is 2. The molecule has 0 aliphatic heterocycles. The van der Waals surface area contributed by atoms with Gasteiger partial charge in [-0.3, -0.25) is 20.2 Å². The fourth-order valence-corrected chi connectivity index (χ4v) is 3.63. The van der Waals surface area contributed by atoms with Crippen molar-refractivity contribution in [1.82, 2.24) is 0 Å². The van der Waals surface area contributed by atoms with Crippen LogP contribution in [-0.2, 0) is 9.84 Å². The van der Waals surface area contributed by atoms with E-state index in [0.717, 1.165) is 12.3 Å². The highest BCUT2D eigenvalue weighted by Crippen LogP contribution is 2.43. The molecular formula is C14H21N3O6S. The highest BCUT2D eigenvalue weighted by atomic mass is 32.2. The first-order chi connectivity index (χ1) is 11.1. The highest BCUT2D eigenvalue weighted by Gasteiger charge is 2.35. The molecule has 0 aromatic heterocycles. The van der Waals surface area contributed by atoms with E-state index in [1.54, 1.807) is 4.90 Å². The Balaban J connectivity index is 3.94. The van der Waals surface area contributed by atoms with Crippen LogP contribution in [0.3, 0.4) is 0 Å². The Morgan fingerprint density at radius 2 is 1.58 bits per heavy atom. The molecule has 0 saturated carbocycles. The summed E-state index contributed by atoms with van der Waals surface area (Å²) in [6.45, 7) is 5.81. The zero-order valence-corrected chi connectivity index (χ0v) is 14.9. The van der Waals surface area contributed by atoms with Crippen LogP contribution < -0.4 is 4.90 Å². The first-order valence-corrected chi connectivity index (χ1v) is 9.36. The van der Waals surface area contributed by atoms with Crippen molar-refractivity contribution in [2.24, 2.45) is 0 Å². The molecule has 24 heavy (non-hydrogen) atoms. The fraction of sp³-hybridized carbons (Fsp3) is 0.571. The summed E-state index contributed by atoms with van der Waals surface area (Å²) >= 11 is 0. The predicted molar refractivity (Wildman–Crippen MR) is 90.4 cm³/mol. The Bertz CT molecular complexity index is 754. The number of anilines is 1. The summed E-state index contributed by atoms with van der Waals surface area (Å²) in [5, 5.41) is 23.0. The number of sulfone groups is 1. The van der Waals surface area contributed by atoms with Gasteiger partial charge in [0.1, 0.15) is 0 Å². The minimum absolute atomic E-state index is 0.0830. The first-order valence-electron chi connectivity index (χ1n) is 7.47. The van der Waals surface area contributed by atoms with E-state index in [0.29, 0.717) is 25.9 Å². The second-order valence-corrected chi connectivity index (χ2v) is 7.47. The first kappa shape index (κ1) is 19.8. The Hall–Kier alpha value is -2.23. The van der Waals surface area contributed by atoms with E-state index in [1.165, 1.54) is 6.92 Å². The van der Waals surface area contributed by atoms with Gasteiger partial charge in [0, 0.05) is 31.0 Å². The van der Waals surface area contributed by atoms with Gasteiger partial charge in [-0.2, -0.15) is 0 Å². The molecule has 0 atom stereocenters. The van der Waals surface area contributed by atoms with Crippen LogP contribution in [0, 0.1) is 27.2 Å². The average molecular weight is 359 g/mol. The summed E-state index contributed by atoms with van der Waals surface area (Å²) in [7, 11) is -3.84. The van der Waals surface area contributed by atoms with Crippen molar-refractivity contribution in [2.45, 2.75) is 38.5 Å². The molecule has 0 radical (unpaired) electrons. The zero-order chi connectivity index (χ0) is 18.7. The van der Waals surface area contributed by atoms with Gasteiger partial charge in [-0.1, -0.05) is 13.8 Å². The van der Waals surface area contributed by atoms with Crippen molar-refractivity contribution < 1.29 is 18.3 Å². The van der Waals surface area contributed by atoms with Gasteiger partial charge in [0.05, 0.1) is 14.7 Å². The van der Waals surface area contributed by atoms with Crippen LogP contribution >= 0.6 is 0 Å². The largest absolute Gasteiger partial charge is 0.360 e. The van der Waals surface area contributed by atoms with Crippen LogP contribution in [0.4, 0.5) is 17.1 Å². The van der Waals surface area contributed by atoms with Crippen LogP contribution in [0.5, 0.6) is 0 Å². The third-order valence-electron chi connectivity index (χ3n) is 3.54. The molecule has 0 spiro atoms. The van der Waals surface area contributed by atoms with Gasteiger partial charge in [0.15, 0.2) is 15.5 Å². The number of hydrogen-bond donors (Lipinski definition) is 0. The van der Waals surface area contributed by atoms with Crippen LogP contribution in [0.1, 0.15) is 32.3 Å². The molecule has 0 fully saturated rings. The van der Waals surface area contributed by atoms with E-state index in [2.05, 4.69) is 0 Å². The summed E-state index contributed by atoms with van der Waals surface area (Å²) in [6.07, 6.45) is 2.15. The maximum atomic E-state index is 11.9. The molecular weight excluding hydrogens is 338 g/mol. The molecule has 9 nitrogen and oxygen atoms in total. The second-order valence-electron chi connectivity index (χ2n) is 5.49. The lowest BCUT2D eigenvalue weighted by atomic mass is 10.1. The third-order valence-corrected chi connectivity index (χ3v) is 4.76. The number of nitrogens with zero attached hydrogens (tertiary/aromatic N) is 3. The molecule has 134 valence electrons. The van der Waals surface area contributed by atoms with Gasteiger partial charge in [-0.05, 0) is 19.8 Å². The van der Waals surface area contributed by atoms with Gasteiger partial charge in [-0.15, -0.1) is 0 Å². The Kier molecular flexibility index (Phi) is 6.24. The minimum Gasteiger partial charge on any atom is -0.360 e. The highest BCUT2D eigenvalue weighted by molar-refractivity contribution is 7.90. The summed E-state index contributed by atoms with van der Waals surface area (Å²) in [4.78, 5) is 22.7. The summed E-state index contributed by atoms with van der Waals surface area (Å²) in [5.41, 5.74) is -1.29. The average Bonchev–Trinajstić information content (AvgIpc) is 2.44. The molecule has 1 aromatic rings. The molecule has 1 aromatic carbocycles. The zero-order valence-electron chi connectivity index (χ0n) is 14.1. The lowest BCUT2D eigenvalue weighted by molar-refractivity contribution is -0.393. The van der Waals surface area contributed by atoms with Crippen molar-refractivity contribution >= 4 is 26.9 Å². The van der Waals surface area contributed by atoms with E-state index >= 15 is 0 Å². The standard InChI is InChI=1S/C14H21N3O6S/c1-5-7-15(8-6-2)14-11(16(18)19)9-12(24(4,22)23)10(3)13(14)17(20)21/h9H,5-8H2,1-4H3. The fourth-order valence-electron chi connectivity index (χ4n) is 2.65. The SMILES string of the molecule is CCCN(CCC)c1c([N+](=O)[O-])cc(S(C)(=O)=O)c(C)c1[N+](=O)[O-]. The lowest BCUT2D eigenvalue weighted by Crippen LogP contribution is -2.27. The smallest absolute Gasteiger partial charge is 0.303 e. The van der Waals surface area contributed by atoms with Crippen molar-refractivity contribution in [2.75, 3.05) is 24.2 Å². The van der Waals surface area contributed by atoms with Crippen LogP contribution in [0.25, 0.3) is 0 Å². The van der Waals surface area contributed by atoms with Crippen molar-refractivity contribution in [1.29, 1.82) is 0 Å². The Labute approximate surface area is 140 Å². The van der Waals surface area contributed by atoms with Crippen LogP contribution in [-0.4, -0.2) is 37.6 Å². The molecule has 10 heteroatoms. The van der Waals surface area contributed by atoms with Gasteiger partial charge < -0.3 is 4.90 Å². The van der Waals surface area contributed by atoms with E-state index in [4.69, 9.17) is 0 Å². The number of rotatable bonds is 8. The topological polar surface area (TPSA) is 124 Å². The Morgan fingerprint density at radius 3 is 1.92 bits per heavy atom. The molecule has 0 aliphatic rings. The number of hydrogen-bond acceptors (Lipinski definition) is 7. The molecule has 0 aliphatic carbocycles. The molecule has 0 heterocycles. The number of nitro groups is 2. The normalized spacial score (nSPS) is 11.3. The monoisotopic (exact) mass is 359 g/mol. The molecule has 0 N–H and O–H groups in total. The van der Waals surface area contributed by atoms with E-state index < -0.39 is 36.0 Å². The summed E-state index contributed by atoms with van der Waals surface area (Å²) in [5.74, 6) is 0. The minimum atomic E-state index is -3.84. The maximum absolute atomic E-state index is 11.9. The predicted octanol–water partition coefficient (Wildman–Crippen LogP) is 2.84. The van der Waals surface area contributed by atoms with Gasteiger partial charge >= 0.3 is 11.4 Å². The quantitative estimate of drug-likeness (QED) is 0.516. The Morgan fingerprint density at radius 1 is 1.08 bits per heavy atom. The van der Waals surface area contributed by atoms with Crippen LogP contribution in [0.2, 0.25) is 0 Å². The van der Waals surface area contributed by atoms with Crippen LogP contribution in [0.15, 0.2) is 11.0 Å². The lowest BCUT2D eigenvalue weighted by Gasteiger charge is -2.24. The number of benzene rings is 1. The second kappa shape index (κ2) is 7.56. The molecule has 1 rings (SSSR count). The third kappa shape index (κ3) is 3.99. The summed E-state index contributed by atoms with van der Waals surface area (Å²) in [6, 6.07) is 0.922. The van der Waals surface area contributed by atoms with Gasteiger partial charge in [-0.25, -0.2) is 8.42 Å². The van der Waals surface area contributed by atoms with E-state index in [1.807, 2.05) is 13.8 Å². The molecule has 0 amide bonds. The molecule has 0 bridgehead atoms. The molecule has 0 saturated heterocycles. The van der Waals surface area contributed by atoms with Gasteiger partial charge in [0.25, 0.3) is 0 Å². The van der Waals surface area contributed by atoms with Crippen molar-refractivity contribution in [3.63, 3.8) is 0 Å². The van der Waals surface area contributed by atoms with E-state index in [-0.39, 0.29) is 11.3 Å². The van der Waals surface area contributed by atoms with E-state index in [9.17, 15) is 28.6 Å². The van der Waals surface area contributed by atoms with Crippen molar-refractivity contribution in [3.05, 3.63) is 31.9 Å². The van der Waals surface area contributed by atoms with Crippen molar-refractivity contribution in [3.8, 4) is 0 Å². The summed E-state index contributed by atoms with van der Waals surface area (Å²) < 4.78 is 23.8.